The van der Waals surface area contributed by atoms with Gasteiger partial charge in [-0.3, -0.25) is 14.4 Å². The highest BCUT2D eigenvalue weighted by atomic mass is 79.9. The molecule has 1 aliphatic rings. The van der Waals surface area contributed by atoms with Crippen LogP contribution in [0.5, 0.6) is 0 Å². The van der Waals surface area contributed by atoms with E-state index in [1.54, 1.807) is 0 Å². The Balaban J connectivity index is 0.000000179. The van der Waals surface area contributed by atoms with Crippen molar-refractivity contribution in [2.24, 2.45) is 11.8 Å². The van der Waals surface area contributed by atoms with Crippen LogP contribution in [-0.4, -0.2) is 34.5 Å². The molecule has 0 saturated heterocycles. The summed E-state index contributed by atoms with van der Waals surface area (Å²) in [5.74, 6) is 1.19. The normalized spacial score (nSPS) is 13.3. The first-order chi connectivity index (χ1) is 30.2. The lowest BCUT2D eigenvalue weighted by atomic mass is 9.92. The van der Waals surface area contributed by atoms with E-state index in [4.69, 9.17) is 34.8 Å². The van der Waals surface area contributed by atoms with Gasteiger partial charge in [0, 0.05) is 61.2 Å². The van der Waals surface area contributed by atoms with Crippen LogP contribution in [0.1, 0.15) is 105 Å². The van der Waals surface area contributed by atoms with E-state index in [0.717, 1.165) is 79.5 Å². The van der Waals surface area contributed by atoms with Crippen molar-refractivity contribution in [1.82, 2.24) is 4.90 Å². The highest BCUT2D eigenvalue weighted by Gasteiger charge is 2.36. The fourth-order valence-corrected chi connectivity index (χ4v) is 8.59. The van der Waals surface area contributed by atoms with Gasteiger partial charge in [0.25, 0.3) is 5.91 Å². The zero-order valence-electron chi connectivity index (χ0n) is 36.8. The third-order valence-corrected chi connectivity index (χ3v) is 12.6. The minimum atomic E-state index is 0.159. The van der Waals surface area contributed by atoms with Gasteiger partial charge in [0.1, 0.15) is 0 Å². The van der Waals surface area contributed by atoms with Gasteiger partial charge >= 0.3 is 0 Å². The van der Waals surface area contributed by atoms with Crippen molar-refractivity contribution in [3.05, 3.63) is 210 Å². The second-order valence-corrected chi connectivity index (χ2v) is 19.0. The minimum absolute atomic E-state index is 0.159. The molecule has 4 nitrogen and oxygen atoms in total. The highest BCUT2D eigenvalue weighted by molar-refractivity contribution is 9.10. The van der Waals surface area contributed by atoms with E-state index >= 15 is 0 Å². The Bertz CT molecular complexity index is 2300. The molecule has 0 bridgehead atoms. The molecule has 1 aliphatic carbocycles. The van der Waals surface area contributed by atoms with Crippen LogP contribution in [-0.2, 0) is 19.3 Å². The molecule has 6 aromatic rings. The average molecular weight is 966 g/mol. The molecular formula is C55H57BrCl3NO3. The Labute approximate surface area is 398 Å². The standard InChI is InChI=1S/C20H22ClNO.C18H19ClO.C17H16BrClO/c1-14-5-3-4-6-19(14)20(23)22(18-11-12-18)15(2)13-16-7-9-17(21)10-8-16;1-13(11-15-7-9-16(19)10-8-15)12-18(20)17-6-4-3-5-14(17)2;1-12(10-13-6-8-14(19)9-7-13)11-17(20)15-4-2-3-5-16(15)18/h3-10,15,18H,11-13H2,1-2H3;3-10,13H,11-12H2,1-2H3;2-9,12H,10-11H2,1H3. The Morgan fingerprint density at radius 2 is 0.889 bits per heavy atom. The maximum Gasteiger partial charge on any atom is 0.254 e. The van der Waals surface area contributed by atoms with E-state index in [2.05, 4.69) is 41.6 Å². The number of carbonyl (C=O) groups is 3. The average Bonchev–Trinajstić information content (AvgIpc) is 4.09. The van der Waals surface area contributed by atoms with Crippen molar-refractivity contribution in [1.29, 1.82) is 0 Å². The summed E-state index contributed by atoms with van der Waals surface area (Å²) in [6, 6.07) is 47.3. The number of hydrogen-bond donors (Lipinski definition) is 0. The molecule has 1 amide bonds. The van der Waals surface area contributed by atoms with Gasteiger partial charge in [0.15, 0.2) is 11.6 Å². The molecule has 328 valence electrons. The number of hydrogen-bond acceptors (Lipinski definition) is 3. The number of benzene rings is 6. The molecule has 7 rings (SSSR count). The number of aryl methyl sites for hydroxylation is 2. The van der Waals surface area contributed by atoms with Crippen LogP contribution in [0, 0.1) is 25.7 Å². The molecule has 0 N–H and O–H groups in total. The van der Waals surface area contributed by atoms with Gasteiger partial charge < -0.3 is 4.90 Å². The summed E-state index contributed by atoms with van der Waals surface area (Å²) in [4.78, 5) is 39.7. The van der Waals surface area contributed by atoms with Crippen LogP contribution >= 0.6 is 50.7 Å². The van der Waals surface area contributed by atoms with E-state index in [9.17, 15) is 14.4 Å². The molecular weight excluding hydrogens is 909 g/mol. The minimum Gasteiger partial charge on any atom is -0.333 e. The molecule has 0 aliphatic heterocycles. The number of ketones is 2. The third-order valence-electron chi connectivity index (χ3n) is 11.2. The lowest BCUT2D eigenvalue weighted by Gasteiger charge is -2.30. The van der Waals surface area contributed by atoms with Crippen LogP contribution in [0.3, 0.4) is 0 Å². The SMILES string of the molecule is CC(CC(=O)c1ccccc1Br)Cc1ccc(Cl)cc1.Cc1ccccc1C(=O)CC(C)Cc1ccc(Cl)cc1.Cc1ccccc1C(=O)N(C(C)Cc1ccc(Cl)cc1)C1CC1. The highest BCUT2D eigenvalue weighted by Crippen LogP contribution is 2.32. The predicted octanol–water partition coefficient (Wildman–Crippen LogP) is 15.5. The smallest absolute Gasteiger partial charge is 0.254 e. The van der Waals surface area contributed by atoms with Gasteiger partial charge in [-0.2, -0.15) is 0 Å². The van der Waals surface area contributed by atoms with Gasteiger partial charge in [0.2, 0.25) is 0 Å². The Morgan fingerprint density at radius 3 is 1.30 bits per heavy atom. The summed E-state index contributed by atoms with van der Waals surface area (Å²) in [5, 5.41) is 2.24. The van der Waals surface area contributed by atoms with Crippen molar-refractivity contribution in [3.8, 4) is 0 Å². The van der Waals surface area contributed by atoms with Crippen molar-refractivity contribution in [2.45, 2.75) is 91.6 Å². The first kappa shape index (κ1) is 49.5. The molecule has 63 heavy (non-hydrogen) atoms. The molecule has 0 heterocycles. The Hall–Kier alpha value is -4.52. The van der Waals surface area contributed by atoms with Gasteiger partial charge in [-0.1, -0.05) is 162 Å². The second kappa shape index (κ2) is 24.5. The fourth-order valence-electron chi connectivity index (χ4n) is 7.71. The van der Waals surface area contributed by atoms with Crippen LogP contribution in [0.4, 0.5) is 0 Å². The zero-order valence-corrected chi connectivity index (χ0v) is 40.7. The van der Waals surface area contributed by atoms with Crippen LogP contribution < -0.4 is 0 Å². The second-order valence-electron chi connectivity index (χ2n) is 16.9. The Morgan fingerprint density at radius 1 is 0.524 bits per heavy atom. The molecule has 1 fully saturated rings. The van der Waals surface area contributed by atoms with Crippen LogP contribution in [0.25, 0.3) is 0 Å². The molecule has 0 aromatic heterocycles. The topological polar surface area (TPSA) is 54.5 Å². The summed E-state index contributed by atoms with van der Waals surface area (Å²) in [6.07, 6.45) is 5.98. The fraction of sp³-hybridized carbons (Fsp3) is 0.291. The summed E-state index contributed by atoms with van der Waals surface area (Å²) >= 11 is 21.1. The van der Waals surface area contributed by atoms with E-state index in [0.29, 0.717) is 30.7 Å². The molecule has 1 saturated carbocycles. The molecule has 3 atom stereocenters. The van der Waals surface area contributed by atoms with Crippen LogP contribution in [0.15, 0.2) is 150 Å². The first-order valence-electron chi connectivity index (χ1n) is 21.7. The molecule has 6 aromatic carbocycles. The summed E-state index contributed by atoms with van der Waals surface area (Å²) in [6.45, 7) is 10.3. The van der Waals surface area contributed by atoms with E-state index in [1.807, 2.05) is 159 Å². The third kappa shape index (κ3) is 15.9. The number of rotatable bonds is 15. The Kier molecular flexibility index (Phi) is 19.3. The van der Waals surface area contributed by atoms with Gasteiger partial charge in [-0.25, -0.2) is 0 Å². The number of nitrogens with zero attached hydrogens (tertiary/aromatic N) is 1. The molecule has 0 radical (unpaired) electrons. The lowest BCUT2D eigenvalue weighted by molar-refractivity contribution is 0.0674. The van der Waals surface area contributed by atoms with Crippen molar-refractivity contribution >= 4 is 68.2 Å². The number of carbonyl (C=O) groups excluding carboxylic acids is 3. The van der Waals surface area contributed by atoms with Gasteiger partial charge in [-0.15, -0.1) is 0 Å². The van der Waals surface area contributed by atoms with Crippen molar-refractivity contribution < 1.29 is 14.4 Å². The van der Waals surface area contributed by atoms with Crippen molar-refractivity contribution in [3.63, 3.8) is 0 Å². The van der Waals surface area contributed by atoms with Crippen molar-refractivity contribution in [2.75, 3.05) is 0 Å². The van der Waals surface area contributed by atoms with Gasteiger partial charge in [-0.05, 0) is 141 Å². The van der Waals surface area contributed by atoms with E-state index in [-0.39, 0.29) is 23.5 Å². The number of Topliss-reactive ketones (excluding diaryl/α,β-unsaturated/α-hetero) is 2. The monoisotopic (exact) mass is 963 g/mol. The summed E-state index contributed by atoms with van der Waals surface area (Å²) < 4.78 is 0.865. The predicted molar refractivity (Wildman–Crippen MR) is 267 cm³/mol. The van der Waals surface area contributed by atoms with Crippen LogP contribution in [0.2, 0.25) is 15.1 Å². The largest absolute Gasteiger partial charge is 0.333 e. The van der Waals surface area contributed by atoms with Gasteiger partial charge in [0.05, 0.1) is 0 Å². The number of amides is 1. The molecule has 3 unspecified atom stereocenters. The maximum atomic E-state index is 13.0. The lowest BCUT2D eigenvalue weighted by Crippen LogP contribution is -2.41. The van der Waals surface area contributed by atoms with E-state index in [1.165, 1.54) is 16.7 Å². The number of halogens is 4. The maximum absolute atomic E-state index is 13.0. The summed E-state index contributed by atoms with van der Waals surface area (Å²) in [5.41, 5.74) is 8.16. The molecule has 0 spiro atoms. The van der Waals surface area contributed by atoms with E-state index < -0.39 is 0 Å². The first-order valence-corrected chi connectivity index (χ1v) is 23.6. The quantitative estimate of drug-likeness (QED) is 0.0964. The summed E-state index contributed by atoms with van der Waals surface area (Å²) in [7, 11) is 0. The zero-order chi connectivity index (χ0) is 45.5. The molecule has 8 heteroatoms.